The summed E-state index contributed by atoms with van der Waals surface area (Å²) in [6, 6.07) is 22.0. The third-order valence-electron chi connectivity index (χ3n) is 6.27. The Labute approximate surface area is 199 Å². The van der Waals surface area contributed by atoms with Gasteiger partial charge in [-0.1, -0.05) is 30.7 Å². The zero-order chi connectivity index (χ0) is 22.6. The lowest BCUT2D eigenvalue weighted by Crippen LogP contribution is -2.33. The van der Waals surface area contributed by atoms with Crippen molar-refractivity contribution in [2.75, 3.05) is 33.4 Å². The van der Waals surface area contributed by atoms with Gasteiger partial charge in [0.2, 0.25) is 0 Å². The largest absolute Gasteiger partial charge is 0.508 e. The number of methoxy groups -OCH3 is 1. The van der Waals surface area contributed by atoms with Gasteiger partial charge in [-0.15, -0.1) is 11.3 Å². The fourth-order valence-electron chi connectivity index (χ4n) is 4.53. The van der Waals surface area contributed by atoms with E-state index in [1.165, 1.54) is 37.1 Å². The van der Waals surface area contributed by atoms with Crippen molar-refractivity contribution in [1.29, 1.82) is 0 Å². The van der Waals surface area contributed by atoms with Gasteiger partial charge < -0.3 is 14.6 Å². The van der Waals surface area contributed by atoms with Crippen LogP contribution in [-0.2, 0) is 0 Å². The number of benzene rings is 3. The van der Waals surface area contributed by atoms with Crippen LogP contribution < -0.4 is 9.47 Å². The van der Waals surface area contributed by atoms with Crippen molar-refractivity contribution in [3.8, 4) is 38.8 Å². The quantitative estimate of drug-likeness (QED) is 0.329. The van der Waals surface area contributed by atoms with Crippen LogP contribution in [0.5, 0.6) is 17.2 Å². The summed E-state index contributed by atoms with van der Waals surface area (Å²) in [5.41, 5.74) is 3.28. The Bertz CT molecular complexity index is 1230. The van der Waals surface area contributed by atoms with Gasteiger partial charge in [-0.3, -0.25) is 4.90 Å². The van der Waals surface area contributed by atoms with Gasteiger partial charge in [-0.05, 0) is 79.5 Å². The van der Waals surface area contributed by atoms with Crippen LogP contribution in [0, 0.1) is 0 Å². The second kappa shape index (κ2) is 9.86. The summed E-state index contributed by atoms with van der Waals surface area (Å²) >= 11 is 1.73. The molecule has 0 spiro atoms. The molecule has 0 amide bonds. The Balaban J connectivity index is 1.44. The summed E-state index contributed by atoms with van der Waals surface area (Å²) in [5, 5.41) is 11.2. The summed E-state index contributed by atoms with van der Waals surface area (Å²) in [7, 11) is 1.69. The number of phenolic OH excluding ortho intramolecular Hbond substituents is 1. The van der Waals surface area contributed by atoms with Gasteiger partial charge in [-0.2, -0.15) is 0 Å². The molecule has 0 bridgehead atoms. The number of phenols is 1. The number of nitrogens with zero attached hydrogens (tertiary/aromatic N) is 1. The van der Waals surface area contributed by atoms with Gasteiger partial charge in [0.05, 0.1) is 7.11 Å². The van der Waals surface area contributed by atoms with E-state index in [9.17, 15) is 5.11 Å². The molecular formula is C28H29NO3S. The molecule has 1 aliphatic heterocycles. The Morgan fingerprint density at radius 3 is 2.42 bits per heavy atom. The molecule has 4 nitrogen and oxygen atoms in total. The first kappa shape index (κ1) is 21.8. The zero-order valence-electron chi connectivity index (χ0n) is 18.9. The van der Waals surface area contributed by atoms with Crippen LogP contribution in [-0.4, -0.2) is 43.4 Å². The molecule has 0 saturated carbocycles. The monoisotopic (exact) mass is 459 g/mol. The Kier molecular flexibility index (Phi) is 6.51. The van der Waals surface area contributed by atoms with Crippen LogP contribution in [0.1, 0.15) is 19.3 Å². The number of ether oxygens (including phenoxy) is 2. The third kappa shape index (κ3) is 4.85. The van der Waals surface area contributed by atoms with Crippen molar-refractivity contribution >= 4 is 21.4 Å². The lowest BCUT2D eigenvalue weighted by atomic mass is 9.98. The van der Waals surface area contributed by atoms with E-state index in [0.717, 1.165) is 45.0 Å². The molecule has 0 aliphatic carbocycles. The molecule has 1 saturated heterocycles. The Hall–Kier alpha value is -3.02. The minimum Gasteiger partial charge on any atom is -0.508 e. The molecule has 2 heterocycles. The number of rotatable bonds is 7. The van der Waals surface area contributed by atoms with Gasteiger partial charge >= 0.3 is 0 Å². The molecule has 1 fully saturated rings. The fraction of sp³-hybridized carbons (Fsp3) is 0.286. The Morgan fingerprint density at radius 1 is 0.879 bits per heavy atom. The van der Waals surface area contributed by atoms with Crippen LogP contribution in [0.2, 0.25) is 0 Å². The lowest BCUT2D eigenvalue weighted by Gasteiger charge is -2.26. The predicted molar refractivity (Wildman–Crippen MR) is 137 cm³/mol. The molecule has 4 aromatic rings. The van der Waals surface area contributed by atoms with E-state index < -0.39 is 0 Å². The average molecular weight is 460 g/mol. The normalized spacial score (nSPS) is 14.5. The first-order chi connectivity index (χ1) is 16.2. The second-order valence-electron chi connectivity index (χ2n) is 8.49. The van der Waals surface area contributed by atoms with E-state index in [0.29, 0.717) is 6.61 Å². The molecule has 170 valence electrons. The SMILES string of the molecule is COc1ccc2sc(-c3cccc(O)c3)c(-c3ccc(OCCN4CCCCC4)cc3)c2c1. The molecule has 0 atom stereocenters. The third-order valence-corrected chi connectivity index (χ3v) is 7.49. The molecular weight excluding hydrogens is 430 g/mol. The van der Waals surface area contributed by atoms with Crippen molar-refractivity contribution in [2.24, 2.45) is 0 Å². The van der Waals surface area contributed by atoms with E-state index in [-0.39, 0.29) is 5.75 Å². The first-order valence-corrected chi connectivity index (χ1v) is 12.4. The minimum atomic E-state index is 0.269. The summed E-state index contributed by atoms with van der Waals surface area (Å²) in [6.45, 7) is 4.08. The molecule has 3 aromatic carbocycles. The van der Waals surface area contributed by atoms with Crippen molar-refractivity contribution < 1.29 is 14.6 Å². The highest BCUT2D eigenvalue weighted by Crippen LogP contribution is 2.46. The van der Waals surface area contributed by atoms with Crippen molar-refractivity contribution in [3.05, 3.63) is 66.7 Å². The second-order valence-corrected chi connectivity index (χ2v) is 9.55. The van der Waals surface area contributed by atoms with E-state index in [4.69, 9.17) is 9.47 Å². The van der Waals surface area contributed by atoms with E-state index in [1.807, 2.05) is 24.3 Å². The average Bonchev–Trinajstić information content (AvgIpc) is 3.24. The first-order valence-electron chi connectivity index (χ1n) is 11.6. The molecule has 1 N–H and O–H groups in total. The number of piperidine rings is 1. The number of aromatic hydroxyl groups is 1. The molecule has 5 heteroatoms. The van der Waals surface area contributed by atoms with Crippen LogP contribution in [0.25, 0.3) is 31.7 Å². The summed E-state index contributed by atoms with van der Waals surface area (Å²) in [6.07, 6.45) is 3.96. The molecule has 5 rings (SSSR count). The predicted octanol–water partition coefficient (Wildman–Crippen LogP) is 6.81. The fourth-order valence-corrected chi connectivity index (χ4v) is 5.74. The smallest absolute Gasteiger partial charge is 0.119 e. The van der Waals surface area contributed by atoms with Crippen LogP contribution in [0.4, 0.5) is 0 Å². The van der Waals surface area contributed by atoms with Crippen molar-refractivity contribution in [3.63, 3.8) is 0 Å². The van der Waals surface area contributed by atoms with Gasteiger partial charge in [-0.25, -0.2) is 0 Å². The van der Waals surface area contributed by atoms with E-state index in [2.05, 4.69) is 41.3 Å². The molecule has 33 heavy (non-hydrogen) atoms. The number of likely N-dealkylation sites (tertiary alicyclic amines) is 1. The maximum Gasteiger partial charge on any atom is 0.119 e. The van der Waals surface area contributed by atoms with Gasteiger partial charge in [0.25, 0.3) is 0 Å². The standard InChI is InChI=1S/C28H29NO3S/c1-31-24-12-13-26-25(19-24)27(28(33-26)21-6-5-7-22(30)18-21)20-8-10-23(11-9-20)32-17-16-29-14-3-2-4-15-29/h5-13,18-19,30H,2-4,14-17H2,1H3. The molecule has 1 aromatic heterocycles. The summed E-state index contributed by atoms with van der Waals surface area (Å²) in [5.74, 6) is 2.00. The highest BCUT2D eigenvalue weighted by Gasteiger charge is 2.17. The molecule has 0 radical (unpaired) electrons. The van der Waals surface area contributed by atoms with Crippen molar-refractivity contribution in [2.45, 2.75) is 19.3 Å². The van der Waals surface area contributed by atoms with Crippen LogP contribution >= 0.6 is 11.3 Å². The Morgan fingerprint density at radius 2 is 1.67 bits per heavy atom. The summed E-state index contributed by atoms with van der Waals surface area (Å²) in [4.78, 5) is 3.62. The summed E-state index contributed by atoms with van der Waals surface area (Å²) < 4.78 is 12.7. The maximum absolute atomic E-state index is 10.1. The zero-order valence-corrected chi connectivity index (χ0v) is 19.7. The number of hydrogen-bond acceptors (Lipinski definition) is 5. The van der Waals surface area contributed by atoms with Crippen molar-refractivity contribution in [1.82, 2.24) is 4.90 Å². The number of thiophene rings is 1. The minimum absolute atomic E-state index is 0.269. The highest BCUT2D eigenvalue weighted by molar-refractivity contribution is 7.23. The molecule has 0 unspecified atom stereocenters. The topological polar surface area (TPSA) is 41.9 Å². The van der Waals surface area contributed by atoms with Crippen LogP contribution in [0.15, 0.2) is 66.7 Å². The van der Waals surface area contributed by atoms with Gasteiger partial charge in [0.15, 0.2) is 0 Å². The van der Waals surface area contributed by atoms with E-state index >= 15 is 0 Å². The lowest BCUT2D eigenvalue weighted by molar-refractivity contribution is 0.183. The van der Waals surface area contributed by atoms with Gasteiger partial charge in [0.1, 0.15) is 23.9 Å². The van der Waals surface area contributed by atoms with E-state index in [1.54, 1.807) is 24.5 Å². The number of hydrogen-bond donors (Lipinski definition) is 1. The van der Waals surface area contributed by atoms with Crippen LogP contribution in [0.3, 0.4) is 0 Å². The van der Waals surface area contributed by atoms with Gasteiger partial charge in [0, 0.05) is 27.1 Å². The molecule has 1 aliphatic rings. The highest BCUT2D eigenvalue weighted by atomic mass is 32.1. The maximum atomic E-state index is 10.1. The number of fused-ring (bicyclic) bond motifs is 1.